The fraction of sp³-hybridized carbons (Fsp3) is 0.250. The average Bonchev–Trinajstić information content (AvgIpc) is 3.16. The van der Waals surface area contributed by atoms with Crippen LogP contribution in [-0.4, -0.2) is 41.0 Å². The number of piperazine rings is 1. The number of rotatable bonds is 5. The van der Waals surface area contributed by atoms with Gasteiger partial charge in [-0.2, -0.15) is 0 Å². The van der Waals surface area contributed by atoms with Gasteiger partial charge < -0.3 is 14.8 Å². The van der Waals surface area contributed by atoms with Crippen molar-refractivity contribution >= 4 is 16.6 Å². The van der Waals surface area contributed by atoms with Crippen molar-refractivity contribution in [3.63, 3.8) is 0 Å². The van der Waals surface area contributed by atoms with E-state index in [9.17, 15) is 4.39 Å². The van der Waals surface area contributed by atoms with Crippen LogP contribution in [0, 0.1) is 12.7 Å². The number of H-pyrrole nitrogens is 1. The monoisotopic (exact) mass is 375 g/mol. The van der Waals surface area contributed by atoms with Crippen molar-refractivity contribution < 1.29 is 4.39 Å². The van der Waals surface area contributed by atoms with E-state index in [4.69, 9.17) is 0 Å². The fourth-order valence-electron chi connectivity index (χ4n) is 3.99. The Morgan fingerprint density at radius 3 is 2.39 bits per heavy atom. The Morgan fingerprint density at radius 1 is 1.00 bits per heavy atom. The molecule has 0 amide bonds. The molecule has 3 nitrogen and oxygen atoms in total. The molecule has 3 aromatic rings. The lowest BCUT2D eigenvalue weighted by Gasteiger charge is -2.39. The second-order valence-corrected chi connectivity index (χ2v) is 7.46. The Morgan fingerprint density at radius 2 is 1.68 bits per heavy atom. The molecule has 1 N–H and O–H groups in total. The van der Waals surface area contributed by atoms with E-state index in [1.54, 1.807) is 6.07 Å². The second kappa shape index (κ2) is 7.55. The van der Waals surface area contributed by atoms with Gasteiger partial charge in [0.15, 0.2) is 0 Å². The topological polar surface area (TPSA) is 22.3 Å². The van der Waals surface area contributed by atoms with Gasteiger partial charge >= 0.3 is 0 Å². The molecule has 1 aromatic heterocycles. The van der Waals surface area contributed by atoms with Crippen LogP contribution >= 0.6 is 0 Å². The highest BCUT2D eigenvalue weighted by Crippen LogP contribution is 2.27. The molecule has 0 spiro atoms. The number of aromatic amines is 1. The summed E-state index contributed by atoms with van der Waals surface area (Å²) in [7, 11) is 0. The molecule has 0 radical (unpaired) electrons. The molecule has 1 aliphatic rings. The van der Waals surface area contributed by atoms with Gasteiger partial charge in [-0.15, -0.1) is 0 Å². The second-order valence-electron chi connectivity index (χ2n) is 7.46. The van der Waals surface area contributed by atoms with Crippen molar-refractivity contribution in [2.75, 3.05) is 26.2 Å². The van der Waals surface area contributed by atoms with Crippen LogP contribution in [-0.2, 0) is 6.42 Å². The Labute approximate surface area is 165 Å². The smallest absolute Gasteiger partial charge is 0.132 e. The number of nitrogens with zero attached hydrogens (tertiary/aromatic N) is 2. The summed E-state index contributed by atoms with van der Waals surface area (Å²) in [5.74, 6) is -0.173. The largest absolute Gasteiger partial charge is 0.371 e. The Bertz CT molecular complexity index is 1010. The molecule has 0 aliphatic carbocycles. The standard InChI is InChI=1S/C24H26FN3/c1-17-9-10-22(25)23-21(16-26-24(17)23)15-18(2)27-11-13-28(14-12-27)19(3)20-7-5-4-6-8-20/h4-10,16,26H,2-3,11-15H2,1H3. The van der Waals surface area contributed by atoms with Crippen molar-refractivity contribution in [1.82, 2.24) is 14.8 Å². The van der Waals surface area contributed by atoms with E-state index >= 15 is 0 Å². The van der Waals surface area contributed by atoms with E-state index in [0.29, 0.717) is 11.8 Å². The third-order valence-corrected chi connectivity index (χ3v) is 5.68. The van der Waals surface area contributed by atoms with E-state index in [0.717, 1.165) is 54.2 Å². The predicted octanol–water partition coefficient (Wildman–Crippen LogP) is 4.96. The van der Waals surface area contributed by atoms with Crippen molar-refractivity contribution in [3.05, 3.63) is 90.0 Å². The van der Waals surface area contributed by atoms with Gasteiger partial charge in [-0.05, 0) is 29.7 Å². The van der Waals surface area contributed by atoms with Gasteiger partial charge in [-0.25, -0.2) is 4.39 Å². The third kappa shape index (κ3) is 3.42. The summed E-state index contributed by atoms with van der Waals surface area (Å²) in [4.78, 5) is 7.86. The average molecular weight is 375 g/mol. The first-order valence-electron chi connectivity index (χ1n) is 9.71. The maximum absolute atomic E-state index is 14.4. The molecular formula is C24H26FN3. The van der Waals surface area contributed by atoms with Crippen LogP contribution in [0.3, 0.4) is 0 Å². The van der Waals surface area contributed by atoms with Gasteiger partial charge in [-0.1, -0.05) is 49.6 Å². The number of hydrogen-bond donors (Lipinski definition) is 1. The highest BCUT2D eigenvalue weighted by Gasteiger charge is 2.21. The number of aryl methyl sites for hydroxylation is 1. The Kier molecular flexibility index (Phi) is 4.95. The lowest BCUT2D eigenvalue weighted by molar-refractivity contribution is 0.211. The number of fused-ring (bicyclic) bond motifs is 1. The summed E-state index contributed by atoms with van der Waals surface area (Å²) in [6.45, 7) is 14.2. The summed E-state index contributed by atoms with van der Waals surface area (Å²) >= 11 is 0. The molecule has 144 valence electrons. The van der Waals surface area contributed by atoms with Crippen molar-refractivity contribution in [2.45, 2.75) is 13.3 Å². The van der Waals surface area contributed by atoms with Crippen LogP contribution in [0.1, 0.15) is 16.7 Å². The number of allylic oxidation sites excluding steroid dienone is 1. The highest BCUT2D eigenvalue weighted by atomic mass is 19.1. The van der Waals surface area contributed by atoms with E-state index in [-0.39, 0.29) is 5.82 Å². The van der Waals surface area contributed by atoms with E-state index in [1.165, 1.54) is 5.56 Å². The van der Waals surface area contributed by atoms with Gasteiger partial charge in [0.05, 0.1) is 5.52 Å². The van der Waals surface area contributed by atoms with Crippen LogP contribution in [0.5, 0.6) is 0 Å². The predicted molar refractivity (Wildman–Crippen MR) is 114 cm³/mol. The zero-order valence-corrected chi connectivity index (χ0v) is 16.3. The summed E-state index contributed by atoms with van der Waals surface area (Å²) in [6.07, 6.45) is 2.57. The first-order valence-corrected chi connectivity index (χ1v) is 9.71. The molecular weight excluding hydrogens is 349 g/mol. The molecule has 0 saturated carbocycles. The third-order valence-electron chi connectivity index (χ3n) is 5.68. The van der Waals surface area contributed by atoms with E-state index < -0.39 is 0 Å². The quantitative estimate of drug-likeness (QED) is 0.681. The fourth-order valence-corrected chi connectivity index (χ4v) is 3.99. The van der Waals surface area contributed by atoms with Gasteiger partial charge in [0.1, 0.15) is 5.82 Å². The molecule has 0 bridgehead atoms. The van der Waals surface area contributed by atoms with Crippen molar-refractivity contribution in [2.24, 2.45) is 0 Å². The lowest BCUT2D eigenvalue weighted by Crippen LogP contribution is -2.44. The molecule has 28 heavy (non-hydrogen) atoms. The molecule has 1 fully saturated rings. The lowest BCUT2D eigenvalue weighted by atomic mass is 10.0. The first kappa shape index (κ1) is 18.4. The van der Waals surface area contributed by atoms with Crippen molar-refractivity contribution in [3.8, 4) is 0 Å². The van der Waals surface area contributed by atoms with Crippen LogP contribution < -0.4 is 0 Å². The van der Waals surface area contributed by atoms with Gasteiger partial charge in [0.2, 0.25) is 0 Å². The first-order chi connectivity index (χ1) is 13.5. The summed E-state index contributed by atoms with van der Waals surface area (Å²) < 4.78 is 14.4. The Balaban J connectivity index is 1.41. The van der Waals surface area contributed by atoms with Crippen LogP contribution in [0.25, 0.3) is 16.6 Å². The van der Waals surface area contributed by atoms with Crippen LogP contribution in [0.15, 0.2) is 67.5 Å². The molecule has 2 aromatic carbocycles. The summed E-state index contributed by atoms with van der Waals surface area (Å²) in [5, 5.41) is 0.692. The maximum atomic E-state index is 14.4. The minimum Gasteiger partial charge on any atom is -0.371 e. The minimum absolute atomic E-state index is 0.173. The number of benzene rings is 2. The molecule has 0 atom stereocenters. The number of aromatic nitrogens is 1. The zero-order valence-electron chi connectivity index (χ0n) is 16.3. The van der Waals surface area contributed by atoms with Crippen molar-refractivity contribution in [1.29, 1.82) is 0 Å². The van der Waals surface area contributed by atoms with Crippen LogP contribution in [0.4, 0.5) is 4.39 Å². The van der Waals surface area contributed by atoms with E-state index in [1.807, 2.05) is 37.4 Å². The SMILES string of the molecule is C=C(Cc1c[nH]c2c(C)ccc(F)c12)N1CCN(C(=C)c2ccccc2)CC1. The van der Waals surface area contributed by atoms with Crippen LogP contribution in [0.2, 0.25) is 0 Å². The molecule has 0 unspecified atom stereocenters. The van der Waals surface area contributed by atoms with E-state index in [2.05, 4.69) is 40.1 Å². The number of nitrogens with one attached hydrogen (secondary N) is 1. The Hall–Kier alpha value is -3.01. The summed E-state index contributed by atoms with van der Waals surface area (Å²) in [5.41, 5.74) is 6.18. The maximum Gasteiger partial charge on any atom is 0.132 e. The van der Waals surface area contributed by atoms with Gasteiger partial charge in [-0.3, -0.25) is 0 Å². The van der Waals surface area contributed by atoms with Gasteiger partial charge in [0, 0.05) is 55.6 Å². The molecule has 4 heteroatoms. The number of hydrogen-bond acceptors (Lipinski definition) is 2. The zero-order chi connectivity index (χ0) is 19.7. The minimum atomic E-state index is -0.173. The molecule has 1 saturated heterocycles. The molecule has 1 aliphatic heterocycles. The van der Waals surface area contributed by atoms with Gasteiger partial charge in [0.25, 0.3) is 0 Å². The summed E-state index contributed by atoms with van der Waals surface area (Å²) in [6, 6.07) is 13.7. The number of halogens is 1. The highest BCUT2D eigenvalue weighted by molar-refractivity contribution is 5.86. The normalized spacial score (nSPS) is 14.5. The molecule has 2 heterocycles. The molecule has 4 rings (SSSR count).